The Labute approximate surface area is 312 Å². The van der Waals surface area contributed by atoms with E-state index in [1.807, 2.05) is 11.6 Å². The van der Waals surface area contributed by atoms with Crippen LogP contribution in [0.3, 0.4) is 0 Å². The predicted octanol–water partition coefficient (Wildman–Crippen LogP) is 7.31. The summed E-state index contributed by atoms with van der Waals surface area (Å²) >= 11 is 0. The number of nitrogens with one attached hydrogen (secondary N) is 1. The molecule has 1 amide bonds. The first-order chi connectivity index (χ1) is 24.2. The molecule has 0 radical (unpaired) electrons. The smallest absolute Gasteiger partial charge is 0.307 e. The van der Waals surface area contributed by atoms with E-state index < -0.39 is 22.8 Å². The number of hydrogen-bond acceptors (Lipinski definition) is 7. The zero-order chi connectivity index (χ0) is 38.2. The van der Waals surface area contributed by atoms with Crippen molar-refractivity contribution >= 4 is 11.9 Å². The highest BCUT2D eigenvalue weighted by Gasteiger charge is 2.72. The summed E-state index contributed by atoms with van der Waals surface area (Å²) in [6.07, 6.45) is 9.88. The van der Waals surface area contributed by atoms with Gasteiger partial charge in [-0.1, -0.05) is 80.9 Å². The molecule has 2 bridgehead atoms. The molecule has 52 heavy (non-hydrogen) atoms. The number of carboxylic acid groups (broad SMARTS) is 1. The molecule has 2 heterocycles. The number of ether oxygens (including phenoxy) is 2. The van der Waals surface area contributed by atoms with Crippen molar-refractivity contribution in [2.24, 2.45) is 68.3 Å². The van der Waals surface area contributed by atoms with Gasteiger partial charge in [0.1, 0.15) is 6.33 Å². The molecule has 6 rings (SSSR count). The van der Waals surface area contributed by atoms with Crippen molar-refractivity contribution in [1.82, 2.24) is 20.1 Å². The average molecular weight is 724 g/mol. The number of carbonyl (C=O) groups is 2. The number of nitrogens with zero attached hydrogens (tertiary/aromatic N) is 3. The number of nitrogens with two attached hydrogens (primary N) is 1. The van der Waals surface area contributed by atoms with E-state index in [-0.39, 0.29) is 57.5 Å². The molecule has 0 aromatic carbocycles. The van der Waals surface area contributed by atoms with Gasteiger partial charge >= 0.3 is 5.97 Å². The van der Waals surface area contributed by atoms with E-state index in [1.54, 1.807) is 0 Å². The molecule has 4 aliphatic carbocycles. The van der Waals surface area contributed by atoms with Gasteiger partial charge in [-0.15, -0.1) is 0 Å². The molecule has 10 nitrogen and oxygen atoms in total. The van der Waals surface area contributed by atoms with Crippen molar-refractivity contribution in [3.8, 4) is 0 Å². The highest BCUT2D eigenvalue weighted by atomic mass is 16.5. The summed E-state index contributed by atoms with van der Waals surface area (Å²) in [5.74, 6) is 0.421. The summed E-state index contributed by atoms with van der Waals surface area (Å²) < 4.78 is 15.6. The van der Waals surface area contributed by atoms with Gasteiger partial charge in [-0.3, -0.25) is 9.59 Å². The van der Waals surface area contributed by atoms with Crippen molar-refractivity contribution < 1.29 is 24.2 Å². The first-order valence-electron chi connectivity index (χ1n) is 20.3. The number of aliphatic carboxylic acids is 1. The summed E-state index contributed by atoms with van der Waals surface area (Å²) in [5.41, 5.74) is 6.17. The second kappa shape index (κ2) is 13.5. The molecule has 0 unspecified atom stereocenters. The monoisotopic (exact) mass is 724 g/mol. The molecule has 1 saturated heterocycles. The molecule has 4 fully saturated rings. The fourth-order valence-corrected chi connectivity index (χ4v) is 12.5. The van der Waals surface area contributed by atoms with E-state index in [4.69, 9.17) is 20.3 Å². The van der Waals surface area contributed by atoms with Crippen molar-refractivity contribution in [3.63, 3.8) is 0 Å². The van der Waals surface area contributed by atoms with E-state index in [0.717, 1.165) is 38.5 Å². The average Bonchev–Trinajstić information content (AvgIpc) is 3.56. The van der Waals surface area contributed by atoms with Crippen molar-refractivity contribution in [2.45, 2.75) is 139 Å². The Bertz CT molecular complexity index is 1550. The summed E-state index contributed by atoms with van der Waals surface area (Å²) in [6.45, 7) is 26.5. The van der Waals surface area contributed by atoms with E-state index in [1.165, 1.54) is 11.9 Å². The van der Waals surface area contributed by atoms with Crippen molar-refractivity contribution in [1.29, 1.82) is 0 Å². The van der Waals surface area contributed by atoms with Crippen LogP contribution in [0.1, 0.15) is 138 Å². The molecule has 4 N–H and O–H groups in total. The number of rotatable bonds is 11. The van der Waals surface area contributed by atoms with Gasteiger partial charge in [0, 0.05) is 22.9 Å². The van der Waals surface area contributed by atoms with Crippen molar-refractivity contribution in [3.05, 3.63) is 23.8 Å². The van der Waals surface area contributed by atoms with Crippen LogP contribution in [-0.2, 0) is 14.3 Å². The summed E-state index contributed by atoms with van der Waals surface area (Å²) in [7, 11) is 0. The molecule has 292 valence electrons. The van der Waals surface area contributed by atoms with Crippen molar-refractivity contribution in [2.75, 3.05) is 26.4 Å². The lowest BCUT2D eigenvalue weighted by Gasteiger charge is -2.71. The minimum atomic E-state index is -0.646. The van der Waals surface area contributed by atoms with Crippen LogP contribution in [-0.4, -0.2) is 69.8 Å². The van der Waals surface area contributed by atoms with Gasteiger partial charge in [-0.2, -0.15) is 5.10 Å². The van der Waals surface area contributed by atoms with Gasteiger partial charge in [-0.05, 0) is 97.7 Å². The minimum Gasteiger partial charge on any atom is -0.481 e. The third kappa shape index (κ3) is 5.65. The third-order valence-corrected chi connectivity index (χ3v) is 16.6. The van der Waals surface area contributed by atoms with Gasteiger partial charge in [0.2, 0.25) is 5.82 Å². The Morgan fingerprint density at radius 3 is 2.46 bits per heavy atom. The van der Waals surface area contributed by atoms with Crippen LogP contribution in [0.25, 0.3) is 0 Å². The van der Waals surface area contributed by atoms with Crippen LogP contribution in [0.15, 0.2) is 18.0 Å². The molecule has 12 atom stereocenters. The maximum Gasteiger partial charge on any atom is 0.307 e. The predicted molar refractivity (Wildman–Crippen MR) is 202 cm³/mol. The first-order valence-corrected chi connectivity index (χ1v) is 20.3. The third-order valence-electron chi connectivity index (χ3n) is 16.6. The molecule has 0 spiro atoms. The molecule has 1 aromatic rings. The van der Waals surface area contributed by atoms with Crippen LogP contribution >= 0.6 is 0 Å². The lowest BCUT2D eigenvalue weighted by molar-refractivity contribution is -0.252. The number of carboxylic acids is 1. The van der Waals surface area contributed by atoms with E-state index >= 15 is 0 Å². The fraction of sp³-hybridized carbons (Fsp3) is 0.857. The van der Waals surface area contributed by atoms with Crippen LogP contribution < -0.4 is 11.1 Å². The van der Waals surface area contributed by atoms with Gasteiger partial charge in [0.25, 0.3) is 5.91 Å². The van der Waals surface area contributed by atoms with Gasteiger partial charge in [-0.25, -0.2) is 9.67 Å². The topological polar surface area (TPSA) is 142 Å². The van der Waals surface area contributed by atoms with Crippen LogP contribution in [0.5, 0.6) is 0 Å². The van der Waals surface area contributed by atoms with Crippen LogP contribution in [0.4, 0.5) is 0 Å². The molecule has 1 aromatic heterocycles. The molecule has 1 aliphatic heterocycles. The Morgan fingerprint density at radius 1 is 1.12 bits per heavy atom. The van der Waals surface area contributed by atoms with E-state index in [0.29, 0.717) is 50.4 Å². The van der Waals surface area contributed by atoms with Gasteiger partial charge in [0.15, 0.2) is 0 Å². The fourth-order valence-electron chi connectivity index (χ4n) is 12.5. The standard InChI is InChI=1S/C42H69N5O5/c1-12-19-44-35(48)34-45-24-46-47(34)30-20-42-23-51-21-38(8,33(30)52-22-41(11,43)26(4)5)31(42)14-13-28-29(42)15-16-40(10)32(36(49)50)37(7,27(6)25(2)3)17-18-39(28,40)9/h15,24-28,30-33H,12-14,16-23,43H2,1-11H3,(H,44,48)(H,49,50)/t27-,28+,30-,31+,32-,33+,37-,38-,39-,40+,41-,42+/m1/s1. The Kier molecular flexibility index (Phi) is 10.2. The lowest BCUT2D eigenvalue weighted by atomic mass is 9.34. The summed E-state index contributed by atoms with van der Waals surface area (Å²) in [5, 5.41) is 18.9. The summed E-state index contributed by atoms with van der Waals surface area (Å²) in [4.78, 5) is 31.6. The summed E-state index contributed by atoms with van der Waals surface area (Å²) in [6, 6.07) is -0.271. The molecule has 10 heteroatoms. The van der Waals surface area contributed by atoms with E-state index in [2.05, 4.69) is 85.6 Å². The molecular formula is C42H69N5O5. The highest BCUT2D eigenvalue weighted by Crippen LogP contribution is 2.75. The van der Waals surface area contributed by atoms with Gasteiger partial charge < -0.3 is 25.6 Å². The second-order valence-corrected chi connectivity index (χ2v) is 19.8. The Morgan fingerprint density at radius 2 is 1.83 bits per heavy atom. The molecule has 3 saturated carbocycles. The zero-order valence-corrected chi connectivity index (χ0v) is 34.1. The second-order valence-electron chi connectivity index (χ2n) is 19.8. The number of allylic oxidation sites excluding steroid dienone is 1. The minimum absolute atomic E-state index is 0.191. The molecule has 5 aliphatic rings. The maximum absolute atomic E-state index is 13.6. The Hall–Kier alpha value is -2.30. The van der Waals surface area contributed by atoms with E-state index in [9.17, 15) is 14.7 Å². The molecular weight excluding hydrogens is 654 g/mol. The number of fused-ring (bicyclic) bond motifs is 3. The Balaban J connectivity index is 1.47. The van der Waals surface area contributed by atoms with Crippen LogP contribution in [0.2, 0.25) is 0 Å². The largest absolute Gasteiger partial charge is 0.481 e. The number of carbonyl (C=O) groups excluding carboxylic acids is 1. The quantitative estimate of drug-likeness (QED) is 0.202. The van der Waals surface area contributed by atoms with Gasteiger partial charge in [0.05, 0.1) is 37.9 Å². The number of aromatic nitrogens is 3. The maximum atomic E-state index is 13.6. The first kappa shape index (κ1) is 39.4. The zero-order valence-electron chi connectivity index (χ0n) is 34.1. The SMILES string of the molecule is CCCNC(=O)c1ncnn1[C@@H]1C[C@@]23COC[C@](C)([C@@H]2CC[C@H]2C3=CC[C@@]3(C)[C@H](C(=O)O)[C@@](C)([C@H](C)C(C)C)CC[C@]23C)[C@H]1OC[C@@](C)(N)C(C)C. The number of amides is 1. The lowest BCUT2D eigenvalue weighted by Crippen LogP contribution is -2.69. The highest BCUT2D eigenvalue weighted by molar-refractivity contribution is 5.90. The normalized spacial score (nSPS) is 41.7. The number of hydrogen-bond donors (Lipinski definition) is 3. The van der Waals surface area contributed by atoms with Crippen LogP contribution in [0, 0.1) is 62.6 Å².